The summed E-state index contributed by atoms with van der Waals surface area (Å²) in [6.45, 7) is 2.10. The molecule has 1 nitrogen and oxygen atoms in total. The van der Waals surface area contributed by atoms with Crippen molar-refractivity contribution in [2.24, 2.45) is 0 Å². The van der Waals surface area contributed by atoms with Crippen LogP contribution in [0.5, 0.6) is 0 Å². The third kappa shape index (κ3) is 1.45. The van der Waals surface area contributed by atoms with E-state index in [4.69, 9.17) is 4.42 Å². The molecular formula is C19H12OS. The minimum absolute atomic E-state index is 0.981. The number of fused-ring (bicyclic) bond motifs is 7. The van der Waals surface area contributed by atoms with Gasteiger partial charge in [0.05, 0.1) is 0 Å². The molecular weight excluding hydrogens is 276 g/mol. The third-order valence-corrected chi connectivity index (χ3v) is 5.34. The van der Waals surface area contributed by atoms with Crippen molar-refractivity contribution in [3.8, 4) is 0 Å². The molecule has 2 heteroatoms. The zero-order chi connectivity index (χ0) is 14.0. The van der Waals surface area contributed by atoms with Crippen molar-refractivity contribution in [3.05, 3.63) is 60.2 Å². The maximum Gasteiger partial charge on any atom is 0.136 e. The van der Waals surface area contributed by atoms with E-state index in [1.807, 2.05) is 11.3 Å². The molecule has 5 rings (SSSR count). The standard InChI is InChI=1S/C19H12OS/c1-11-6-7-14-16(10-11)20-15-9-8-13-12-4-2-3-5-17(12)21-19(13)18(14)15/h2-10H,1H3. The maximum atomic E-state index is 6.04. The van der Waals surface area contributed by atoms with Crippen LogP contribution in [-0.2, 0) is 0 Å². The van der Waals surface area contributed by atoms with Gasteiger partial charge in [-0.05, 0) is 36.8 Å². The van der Waals surface area contributed by atoms with Gasteiger partial charge in [0.1, 0.15) is 11.2 Å². The van der Waals surface area contributed by atoms with E-state index in [0.29, 0.717) is 0 Å². The van der Waals surface area contributed by atoms with Gasteiger partial charge in [-0.15, -0.1) is 11.3 Å². The molecule has 21 heavy (non-hydrogen) atoms. The summed E-state index contributed by atoms with van der Waals surface area (Å²) in [6, 6.07) is 19.3. The molecule has 0 aliphatic heterocycles. The first kappa shape index (κ1) is 11.4. The molecule has 0 saturated carbocycles. The molecule has 0 bridgehead atoms. The summed E-state index contributed by atoms with van der Waals surface area (Å²) in [7, 11) is 0. The van der Waals surface area contributed by atoms with E-state index in [0.717, 1.165) is 11.2 Å². The first-order valence-electron chi connectivity index (χ1n) is 7.04. The fourth-order valence-corrected chi connectivity index (χ4v) is 4.40. The van der Waals surface area contributed by atoms with E-state index in [1.54, 1.807) is 0 Å². The van der Waals surface area contributed by atoms with Gasteiger partial charge in [0, 0.05) is 30.9 Å². The van der Waals surface area contributed by atoms with Gasteiger partial charge >= 0.3 is 0 Å². The summed E-state index contributed by atoms with van der Waals surface area (Å²) in [6.07, 6.45) is 0. The molecule has 5 aromatic rings. The van der Waals surface area contributed by atoms with Crippen molar-refractivity contribution < 1.29 is 4.42 Å². The molecule has 0 aliphatic rings. The zero-order valence-corrected chi connectivity index (χ0v) is 12.3. The number of hydrogen-bond donors (Lipinski definition) is 0. The first-order chi connectivity index (χ1) is 10.3. The lowest BCUT2D eigenvalue weighted by molar-refractivity contribution is 0.669. The molecule has 0 N–H and O–H groups in total. The second-order valence-corrected chi connectivity index (χ2v) is 6.57. The highest BCUT2D eigenvalue weighted by atomic mass is 32.1. The second kappa shape index (κ2) is 3.86. The van der Waals surface area contributed by atoms with Gasteiger partial charge in [0.15, 0.2) is 0 Å². The molecule has 0 atom stereocenters. The van der Waals surface area contributed by atoms with Gasteiger partial charge < -0.3 is 4.42 Å². The summed E-state index contributed by atoms with van der Waals surface area (Å²) in [5, 5.41) is 5.13. The molecule has 0 aliphatic carbocycles. The van der Waals surface area contributed by atoms with Crippen LogP contribution in [0.1, 0.15) is 5.56 Å². The Balaban J connectivity index is 2.09. The highest BCUT2D eigenvalue weighted by Gasteiger charge is 2.13. The average Bonchev–Trinajstić information content (AvgIpc) is 3.03. The molecule has 0 radical (unpaired) electrons. The van der Waals surface area contributed by atoms with Crippen LogP contribution in [0, 0.1) is 6.92 Å². The third-order valence-electron chi connectivity index (χ3n) is 4.14. The fraction of sp³-hybridized carbons (Fsp3) is 0.0526. The number of benzene rings is 3. The van der Waals surface area contributed by atoms with Gasteiger partial charge in [-0.25, -0.2) is 0 Å². The molecule has 0 amide bonds. The van der Waals surface area contributed by atoms with Gasteiger partial charge in [-0.1, -0.05) is 30.3 Å². The molecule has 0 unspecified atom stereocenters. The predicted octanol–water partition coefficient (Wildman–Crippen LogP) is 6.26. The lowest BCUT2D eigenvalue weighted by atomic mass is 10.1. The summed E-state index contributed by atoms with van der Waals surface area (Å²) in [5.41, 5.74) is 3.19. The highest BCUT2D eigenvalue weighted by molar-refractivity contribution is 7.26. The van der Waals surface area contributed by atoms with E-state index in [-0.39, 0.29) is 0 Å². The van der Waals surface area contributed by atoms with E-state index in [2.05, 4.69) is 61.5 Å². The Morgan fingerprint density at radius 1 is 0.810 bits per heavy atom. The van der Waals surface area contributed by atoms with Crippen molar-refractivity contribution in [1.29, 1.82) is 0 Å². The van der Waals surface area contributed by atoms with Crippen molar-refractivity contribution >= 4 is 53.4 Å². The van der Waals surface area contributed by atoms with Crippen LogP contribution in [0.25, 0.3) is 42.1 Å². The molecule has 0 fully saturated rings. The summed E-state index contributed by atoms with van der Waals surface area (Å²) < 4.78 is 8.71. The van der Waals surface area contributed by atoms with Crippen LogP contribution in [0.15, 0.2) is 59.0 Å². The van der Waals surface area contributed by atoms with Gasteiger partial charge in [0.25, 0.3) is 0 Å². The smallest absolute Gasteiger partial charge is 0.136 e. The largest absolute Gasteiger partial charge is 0.456 e. The van der Waals surface area contributed by atoms with Gasteiger partial charge in [-0.3, -0.25) is 0 Å². The Morgan fingerprint density at radius 2 is 1.67 bits per heavy atom. The molecule has 0 spiro atoms. The van der Waals surface area contributed by atoms with Gasteiger partial charge in [-0.2, -0.15) is 0 Å². The van der Waals surface area contributed by atoms with Crippen LogP contribution in [0.4, 0.5) is 0 Å². The summed E-state index contributed by atoms with van der Waals surface area (Å²) in [4.78, 5) is 0. The SMILES string of the molecule is Cc1ccc2c(c1)oc1ccc3c4ccccc4sc3c12. The highest BCUT2D eigenvalue weighted by Crippen LogP contribution is 2.42. The number of aryl methyl sites for hydroxylation is 1. The predicted molar refractivity (Wildman–Crippen MR) is 91.3 cm³/mol. The average molecular weight is 288 g/mol. The lowest BCUT2D eigenvalue weighted by Crippen LogP contribution is -1.70. The Morgan fingerprint density at radius 3 is 2.62 bits per heavy atom. The van der Waals surface area contributed by atoms with Crippen molar-refractivity contribution in [2.75, 3.05) is 0 Å². The summed E-state index contributed by atoms with van der Waals surface area (Å²) >= 11 is 1.85. The Labute approximate surface area is 125 Å². The minimum atomic E-state index is 0.981. The van der Waals surface area contributed by atoms with E-state index in [1.165, 1.54) is 36.5 Å². The normalized spacial score (nSPS) is 12.0. The van der Waals surface area contributed by atoms with Gasteiger partial charge in [0.2, 0.25) is 0 Å². The Kier molecular flexibility index (Phi) is 2.09. The Hall–Kier alpha value is -2.32. The lowest BCUT2D eigenvalue weighted by Gasteiger charge is -1.94. The monoisotopic (exact) mass is 288 g/mol. The molecule has 100 valence electrons. The van der Waals surface area contributed by atoms with E-state index < -0.39 is 0 Å². The number of rotatable bonds is 0. The maximum absolute atomic E-state index is 6.04. The van der Waals surface area contributed by atoms with Crippen LogP contribution >= 0.6 is 11.3 Å². The summed E-state index contributed by atoms with van der Waals surface area (Å²) in [5.74, 6) is 0. The topological polar surface area (TPSA) is 13.1 Å². The van der Waals surface area contributed by atoms with Crippen molar-refractivity contribution in [2.45, 2.75) is 6.92 Å². The second-order valence-electron chi connectivity index (χ2n) is 5.52. The van der Waals surface area contributed by atoms with Crippen LogP contribution in [-0.4, -0.2) is 0 Å². The number of furan rings is 1. The Bertz CT molecular complexity index is 1140. The van der Waals surface area contributed by atoms with E-state index in [9.17, 15) is 0 Å². The van der Waals surface area contributed by atoms with Crippen LogP contribution in [0.2, 0.25) is 0 Å². The first-order valence-corrected chi connectivity index (χ1v) is 7.86. The van der Waals surface area contributed by atoms with Crippen molar-refractivity contribution in [3.63, 3.8) is 0 Å². The number of thiophene rings is 1. The number of hydrogen-bond acceptors (Lipinski definition) is 2. The minimum Gasteiger partial charge on any atom is -0.456 e. The van der Waals surface area contributed by atoms with Crippen LogP contribution in [0.3, 0.4) is 0 Å². The molecule has 3 aromatic carbocycles. The zero-order valence-electron chi connectivity index (χ0n) is 11.5. The fourth-order valence-electron chi connectivity index (χ4n) is 3.15. The molecule has 2 heterocycles. The quantitative estimate of drug-likeness (QED) is 0.327. The van der Waals surface area contributed by atoms with Crippen LogP contribution < -0.4 is 0 Å². The molecule has 2 aromatic heterocycles. The molecule has 0 saturated heterocycles. The van der Waals surface area contributed by atoms with Crippen molar-refractivity contribution in [1.82, 2.24) is 0 Å². The van der Waals surface area contributed by atoms with E-state index >= 15 is 0 Å².